The molecule has 0 amide bonds. The van der Waals surface area contributed by atoms with Gasteiger partial charge >= 0.3 is 5.97 Å². The molecule has 0 fully saturated rings. The van der Waals surface area contributed by atoms with Gasteiger partial charge in [0.05, 0.1) is 29.6 Å². The highest BCUT2D eigenvalue weighted by Crippen LogP contribution is 2.31. The normalized spacial score (nSPS) is 9.82. The van der Waals surface area contributed by atoms with Crippen molar-refractivity contribution in [3.05, 3.63) is 40.7 Å². The molecule has 3 N–H and O–H groups in total. The molecular weight excluding hydrogens is 284 g/mol. The SMILES string of the molecule is COC(=O)c1c(N)c(C#N)cn1-c1c(C#N)ccc(O)c1C. The van der Waals surface area contributed by atoms with E-state index in [2.05, 4.69) is 4.74 Å². The average molecular weight is 296 g/mol. The van der Waals surface area contributed by atoms with Crippen LogP contribution in [0.2, 0.25) is 0 Å². The number of hydrogen-bond acceptors (Lipinski definition) is 6. The molecule has 0 atom stereocenters. The molecule has 0 saturated heterocycles. The van der Waals surface area contributed by atoms with Crippen molar-refractivity contribution in [3.8, 4) is 23.6 Å². The first kappa shape index (κ1) is 14.9. The van der Waals surface area contributed by atoms with Crippen LogP contribution in [0, 0.1) is 29.6 Å². The molecule has 2 aromatic rings. The van der Waals surface area contributed by atoms with Crippen molar-refractivity contribution in [1.29, 1.82) is 10.5 Å². The number of benzene rings is 1. The summed E-state index contributed by atoms with van der Waals surface area (Å²) in [5.41, 5.74) is 6.66. The van der Waals surface area contributed by atoms with E-state index in [-0.39, 0.29) is 33.9 Å². The van der Waals surface area contributed by atoms with Gasteiger partial charge in [0.2, 0.25) is 0 Å². The zero-order valence-corrected chi connectivity index (χ0v) is 11.9. The van der Waals surface area contributed by atoms with Crippen molar-refractivity contribution in [2.24, 2.45) is 0 Å². The zero-order valence-electron chi connectivity index (χ0n) is 11.9. The van der Waals surface area contributed by atoms with Crippen LogP contribution in [0.5, 0.6) is 5.75 Å². The summed E-state index contributed by atoms with van der Waals surface area (Å²) in [6, 6.07) is 6.66. The second-order valence-corrected chi connectivity index (χ2v) is 4.50. The van der Waals surface area contributed by atoms with Gasteiger partial charge in [-0.2, -0.15) is 10.5 Å². The lowest BCUT2D eigenvalue weighted by Crippen LogP contribution is -2.12. The minimum Gasteiger partial charge on any atom is -0.508 e. The Morgan fingerprint density at radius 1 is 1.32 bits per heavy atom. The van der Waals surface area contributed by atoms with Crippen molar-refractivity contribution in [3.63, 3.8) is 0 Å². The number of nitrogens with two attached hydrogens (primary N) is 1. The number of rotatable bonds is 2. The summed E-state index contributed by atoms with van der Waals surface area (Å²) in [4.78, 5) is 12.0. The first-order valence-corrected chi connectivity index (χ1v) is 6.18. The Morgan fingerprint density at radius 2 is 1.95 bits per heavy atom. The molecule has 0 saturated carbocycles. The number of carbonyl (C=O) groups excluding carboxylic acids is 1. The van der Waals surface area contributed by atoms with E-state index in [9.17, 15) is 15.2 Å². The molecule has 2 rings (SSSR count). The summed E-state index contributed by atoms with van der Waals surface area (Å²) >= 11 is 0. The molecular formula is C15H12N4O3. The fourth-order valence-electron chi connectivity index (χ4n) is 2.18. The third kappa shape index (κ3) is 2.11. The minimum absolute atomic E-state index is 0.0408. The Morgan fingerprint density at radius 3 is 2.50 bits per heavy atom. The molecule has 0 aliphatic rings. The Kier molecular flexibility index (Phi) is 3.74. The number of anilines is 1. The molecule has 110 valence electrons. The summed E-state index contributed by atoms with van der Waals surface area (Å²) in [7, 11) is 1.19. The van der Waals surface area contributed by atoms with Crippen LogP contribution in [-0.2, 0) is 4.74 Å². The summed E-state index contributed by atoms with van der Waals surface area (Å²) in [6.07, 6.45) is 1.34. The van der Waals surface area contributed by atoms with Crippen molar-refractivity contribution < 1.29 is 14.6 Å². The van der Waals surface area contributed by atoms with Gasteiger partial charge in [-0.3, -0.25) is 0 Å². The number of nitriles is 2. The number of ether oxygens (including phenoxy) is 1. The second-order valence-electron chi connectivity index (χ2n) is 4.50. The van der Waals surface area contributed by atoms with E-state index < -0.39 is 5.97 Å². The largest absolute Gasteiger partial charge is 0.508 e. The molecule has 0 bridgehead atoms. The first-order valence-electron chi connectivity index (χ1n) is 6.18. The number of hydrogen-bond donors (Lipinski definition) is 2. The van der Waals surface area contributed by atoms with Gasteiger partial charge in [0.1, 0.15) is 17.9 Å². The number of phenols is 1. The Balaban J connectivity index is 2.91. The van der Waals surface area contributed by atoms with E-state index in [4.69, 9.17) is 11.0 Å². The van der Waals surface area contributed by atoms with E-state index in [1.54, 1.807) is 6.92 Å². The van der Waals surface area contributed by atoms with Gasteiger partial charge in [0.25, 0.3) is 0 Å². The minimum atomic E-state index is -0.745. The molecule has 0 spiro atoms. The molecule has 22 heavy (non-hydrogen) atoms. The second kappa shape index (κ2) is 5.51. The fraction of sp³-hybridized carbons (Fsp3) is 0.133. The standard InChI is InChI=1S/C15H12N4O3/c1-8-11(20)4-3-9(5-16)13(8)19-7-10(6-17)12(18)14(19)15(21)22-2/h3-4,7,20H,18H2,1-2H3. The van der Waals surface area contributed by atoms with Gasteiger partial charge in [-0.15, -0.1) is 0 Å². The fourth-order valence-corrected chi connectivity index (χ4v) is 2.18. The summed E-state index contributed by atoms with van der Waals surface area (Å²) in [6.45, 7) is 1.59. The maximum Gasteiger partial charge on any atom is 0.357 e. The summed E-state index contributed by atoms with van der Waals surface area (Å²) < 4.78 is 5.99. The Bertz CT molecular complexity index is 853. The number of methoxy groups -OCH3 is 1. The maximum atomic E-state index is 12.0. The van der Waals surface area contributed by atoms with Gasteiger partial charge in [-0.25, -0.2) is 4.79 Å². The van der Waals surface area contributed by atoms with Crippen LogP contribution >= 0.6 is 0 Å². The molecule has 1 aromatic carbocycles. The highest BCUT2D eigenvalue weighted by Gasteiger charge is 2.24. The molecule has 7 nitrogen and oxygen atoms in total. The lowest BCUT2D eigenvalue weighted by Gasteiger charge is -2.14. The molecule has 0 aliphatic heterocycles. The van der Waals surface area contributed by atoms with E-state index in [1.807, 2.05) is 12.1 Å². The molecule has 0 unspecified atom stereocenters. The predicted octanol–water partition coefficient (Wildman–Crippen LogP) is 1.60. The topological polar surface area (TPSA) is 125 Å². The Labute approximate surface area is 126 Å². The number of aromatic hydroxyl groups is 1. The average Bonchev–Trinajstić information content (AvgIpc) is 2.85. The number of esters is 1. The van der Waals surface area contributed by atoms with Crippen LogP contribution in [0.15, 0.2) is 18.3 Å². The lowest BCUT2D eigenvalue weighted by atomic mass is 10.1. The van der Waals surface area contributed by atoms with E-state index in [0.29, 0.717) is 5.56 Å². The molecule has 0 radical (unpaired) electrons. The highest BCUT2D eigenvalue weighted by molar-refractivity contribution is 5.96. The van der Waals surface area contributed by atoms with Crippen LogP contribution in [0.4, 0.5) is 5.69 Å². The third-order valence-corrected chi connectivity index (χ3v) is 3.31. The van der Waals surface area contributed by atoms with Gasteiger partial charge in [0.15, 0.2) is 5.69 Å². The van der Waals surface area contributed by atoms with E-state index >= 15 is 0 Å². The number of carbonyl (C=O) groups is 1. The lowest BCUT2D eigenvalue weighted by molar-refractivity contribution is 0.0593. The van der Waals surface area contributed by atoms with Crippen molar-refractivity contribution in [1.82, 2.24) is 4.57 Å². The molecule has 7 heteroatoms. The van der Waals surface area contributed by atoms with Crippen LogP contribution in [0.3, 0.4) is 0 Å². The quantitative estimate of drug-likeness (QED) is 0.811. The number of phenolic OH excluding ortho intramolecular Hbond substituents is 1. The number of nitrogens with zero attached hydrogens (tertiary/aromatic N) is 3. The van der Waals surface area contributed by atoms with Gasteiger partial charge < -0.3 is 20.1 Å². The van der Waals surface area contributed by atoms with E-state index in [0.717, 1.165) is 0 Å². The predicted molar refractivity (Wildman–Crippen MR) is 77.4 cm³/mol. The Hall–Kier alpha value is -3.45. The maximum absolute atomic E-state index is 12.0. The van der Waals surface area contributed by atoms with E-state index in [1.165, 1.54) is 30.0 Å². The highest BCUT2D eigenvalue weighted by atomic mass is 16.5. The van der Waals surface area contributed by atoms with Crippen LogP contribution < -0.4 is 5.73 Å². The first-order chi connectivity index (χ1) is 10.5. The summed E-state index contributed by atoms with van der Waals surface area (Å²) in [5.74, 6) is -0.791. The van der Waals surface area contributed by atoms with Crippen LogP contribution in [0.25, 0.3) is 5.69 Å². The van der Waals surface area contributed by atoms with Crippen molar-refractivity contribution in [2.75, 3.05) is 12.8 Å². The number of aromatic nitrogens is 1. The molecule has 1 aromatic heterocycles. The van der Waals surface area contributed by atoms with Crippen LogP contribution in [-0.4, -0.2) is 22.8 Å². The monoisotopic (exact) mass is 296 g/mol. The van der Waals surface area contributed by atoms with Crippen LogP contribution in [0.1, 0.15) is 27.2 Å². The van der Waals surface area contributed by atoms with Crippen molar-refractivity contribution >= 4 is 11.7 Å². The van der Waals surface area contributed by atoms with Gasteiger partial charge in [0, 0.05) is 11.8 Å². The van der Waals surface area contributed by atoms with Gasteiger partial charge in [-0.05, 0) is 19.1 Å². The molecule has 0 aliphatic carbocycles. The summed E-state index contributed by atoms with van der Waals surface area (Å²) in [5, 5.41) is 28.2. The number of nitrogen functional groups attached to an aromatic ring is 1. The third-order valence-electron chi connectivity index (χ3n) is 3.31. The van der Waals surface area contributed by atoms with Crippen molar-refractivity contribution in [2.45, 2.75) is 6.92 Å². The smallest absolute Gasteiger partial charge is 0.357 e. The molecule has 1 heterocycles. The van der Waals surface area contributed by atoms with Gasteiger partial charge in [-0.1, -0.05) is 0 Å². The zero-order chi connectivity index (χ0) is 16.4.